The molecule has 1 aliphatic rings. The number of alkyl halides is 6. The van der Waals surface area contributed by atoms with Crippen molar-refractivity contribution in [1.82, 2.24) is 39.9 Å². The van der Waals surface area contributed by atoms with E-state index < -0.39 is 23.5 Å². The van der Waals surface area contributed by atoms with Crippen molar-refractivity contribution in [3.8, 4) is 0 Å². The quantitative estimate of drug-likeness (QED) is 0.228. The summed E-state index contributed by atoms with van der Waals surface area (Å²) in [7, 11) is 5.38. The maximum atomic E-state index is 13.6. The van der Waals surface area contributed by atoms with Gasteiger partial charge in [-0.25, -0.2) is 4.98 Å². The molecule has 1 fully saturated rings. The first-order valence-electron chi connectivity index (χ1n) is 13.9. The Balaban J connectivity index is 1.60. The van der Waals surface area contributed by atoms with Crippen LogP contribution in [0.3, 0.4) is 0 Å². The molecule has 5 rings (SSSR count). The number of aromatic nitrogens is 7. The Bertz CT molecular complexity index is 1570. The van der Waals surface area contributed by atoms with Crippen molar-refractivity contribution in [3.63, 3.8) is 0 Å². The molecule has 0 saturated heterocycles. The molecular formula is C28H33F6N9. The summed E-state index contributed by atoms with van der Waals surface area (Å²) in [5.74, 6) is 0.0548. The SMILES string of the molecule is Cc1nn(C)c2nc(C(C)N(C)C3CCCC3)c(CN(Cc3cc(C(F)(F)F)cc(C(F)(F)F)c3)c3nnn(C)n3)cc12. The van der Waals surface area contributed by atoms with Gasteiger partial charge in [0.2, 0.25) is 0 Å². The maximum Gasteiger partial charge on any atom is 0.416 e. The van der Waals surface area contributed by atoms with E-state index >= 15 is 0 Å². The van der Waals surface area contributed by atoms with Crippen LogP contribution < -0.4 is 4.90 Å². The highest BCUT2D eigenvalue weighted by atomic mass is 19.4. The third-order valence-electron chi connectivity index (χ3n) is 8.18. The van der Waals surface area contributed by atoms with Crippen LogP contribution in [0.4, 0.5) is 32.3 Å². The third kappa shape index (κ3) is 6.45. The predicted molar refractivity (Wildman–Crippen MR) is 147 cm³/mol. The van der Waals surface area contributed by atoms with Crippen molar-refractivity contribution in [2.24, 2.45) is 14.1 Å². The first-order chi connectivity index (χ1) is 20.1. The summed E-state index contributed by atoms with van der Waals surface area (Å²) in [6, 6.07) is 3.74. The van der Waals surface area contributed by atoms with Crippen molar-refractivity contribution in [2.45, 2.75) is 77.1 Å². The Morgan fingerprint density at radius 1 is 0.930 bits per heavy atom. The standard InChI is InChI=1S/C28H33F6N9/c1-16-23-12-19(24(35-25(23)41(4)37-16)17(2)40(3)22-8-6-7-9-22)15-43(26-36-39-42(5)38-26)14-18-10-20(27(29,30)31)13-21(11-18)28(32,33)34/h10-13,17,22H,6-9,14-15H2,1-5H3. The molecule has 4 aromatic rings. The van der Waals surface area contributed by atoms with E-state index in [4.69, 9.17) is 4.98 Å². The van der Waals surface area contributed by atoms with Gasteiger partial charge in [0.1, 0.15) is 0 Å². The monoisotopic (exact) mass is 609 g/mol. The Morgan fingerprint density at radius 3 is 2.12 bits per heavy atom. The van der Waals surface area contributed by atoms with E-state index in [1.54, 1.807) is 11.7 Å². The van der Waals surface area contributed by atoms with E-state index in [-0.39, 0.29) is 36.7 Å². The van der Waals surface area contributed by atoms with Crippen LogP contribution in [0, 0.1) is 6.92 Å². The number of anilines is 1. The second-order valence-electron chi connectivity index (χ2n) is 11.2. The fourth-order valence-corrected chi connectivity index (χ4v) is 5.84. The Labute approximate surface area is 244 Å². The smallest absolute Gasteiger partial charge is 0.329 e. The summed E-state index contributed by atoms with van der Waals surface area (Å²) in [6.45, 7) is 3.62. The lowest BCUT2D eigenvalue weighted by Crippen LogP contribution is -2.33. The normalized spacial score (nSPS) is 15.6. The third-order valence-corrected chi connectivity index (χ3v) is 8.18. The van der Waals surface area contributed by atoms with Crippen molar-refractivity contribution in [2.75, 3.05) is 11.9 Å². The molecule has 15 heteroatoms. The summed E-state index contributed by atoms with van der Waals surface area (Å²) >= 11 is 0. The topological polar surface area (TPSA) is 80.8 Å². The van der Waals surface area contributed by atoms with Gasteiger partial charge in [0, 0.05) is 37.6 Å². The molecule has 1 aliphatic carbocycles. The molecule has 0 radical (unpaired) electrons. The van der Waals surface area contributed by atoms with Gasteiger partial charge in [-0.3, -0.25) is 9.58 Å². The summed E-state index contributed by atoms with van der Waals surface area (Å²) < 4.78 is 83.5. The lowest BCUT2D eigenvalue weighted by Gasteiger charge is -2.32. The summed E-state index contributed by atoms with van der Waals surface area (Å²) in [5, 5.41) is 17.4. The van der Waals surface area contributed by atoms with Gasteiger partial charge >= 0.3 is 12.4 Å². The molecule has 0 N–H and O–H groups in total. The minimum Gasteiger partial charge on any atom is -0.329 e. The van der Waals surface area contributed by atoms with Crippen molar-refractivity contribution >= 4 is 17.0 Å². The Morgan fingerprint density at radius 2 is 1.56 bits per heavy atom. The van der Waals surface area contributed by atoms with Crippen molar-refractivity contribution < 1.29 is 26.3 Å². The van der Waals surface area contributed by atoms with E-state index in [1.165, 1.54) is 16.7 Å². The van der Waals surface area contributed by atoms with E-state index in [0.29, 0.717) is 11.7 Å². The van der Waals surface area contributed by atoms with E-state index in [2.05, 4.69) is 25.4 Å². The highest BCUT2D eigenvalue weighted by Gasteiger charge is 2.37. The minimum absolute atomic E-state index is 0.0543. The van der Waals surface area contributed by atoms with E-state index in [9.17, 15) is 26.3 Å². The van der Waals surface area contributed by atoms with Crippen LogP contribution in [-0.2, 0) is 39.5 Å². The van der Waals surface area contributed by atoms with Gasteiger partial charge in [-0.15, -0.1) is 5.10 Å². The molecule has 9 nitrogen and oxygen atoms in total. The number of aryl methyl sites for hydroxylation is 3. The molecular weight excluding hydrogens is 576 g/mol. The molecule has 3 heterocycles. The molecule has 1 atom stereocenters. The number of hydrogen-bond acceptors (Lipinski definition) is 7. The van der Waals surface area contributed by atoms with Gasteiger partial charge in [0.15, 0.2) is 5.65 Å². The number of nitrogens with zero attached hydrogens (tertiary/aromatic N) is 9. The number of halogens is 6. The van der Waals surface area contributed by atoms with Gasteiger partial charge in [-0.2, -0.15) is 36.2 Å². The van der Waals surface area contributed by atoms with Crippen LogP contribution in [0.1, 0.15) is 72.3 Å². The Kier molecular flexibility index (Phi) is 8.13. The van der Waals surface area contributed by atoms with Crippen LogP contribution in [0.5, 0.6) is 0 Å². The zero-order valence-corrected chi connectivity index (χ0v) is 24.5. The van der Waals surface area contributed by atoms with Crippen LogP contribution in [0.15, 0.2) is 24.3 Å². The number of pyridine rings is 1. The van der Waals surface area contributed by atoms with E-state index in [1.807, 2.05) is 27.0 Å². The summed E-state index contributed by atoms with van der Waals surface area (Å²) in [6.07, 6.45) is -5.51. The molecule has 0 aliphatic heterocycles. The van der Waals surface area contributed by atoms with Crippen LogP contribution >= 0.6 is 0 Å². The lowest BCUT2D eigenvalue weighted by molar-refractivity contribution is -0.143. The number of benzene rings is 1. The number of tetrazole rings is 1. The predicted octanol–water partition coefficient (Wildman–Crippen LogP) is 5.98. The van der Waals surface area contributed by atoms with Crippen LogP contribution in [0.2, 0.25) is 0 Å². The first-order valence-corrected chi connectivity index (χ1v) is 13.9. The number of rotatable bonds is 8. The van der Waals surface area contributed by atoms with Gasteiger partial charge in [-0.1, -0.05) is 17.9 Å². The summed E-state index contributed by atoms with van der Waals surface area (Å²) in [5.41, 5.74) is -0.0720. The minimum atomic E-state index is -4.97. The summed E-state index contributed by atoms with van der Waals surface area (Å²) in [4.78, 5) is 9.99. The maximum absolute atomic E-state index is 13.6. The molecule has 0 spiro atoms. The van der Waals surface area contributed by atoms with Crippen molar-refractivity contribution in [3.05, 3.63) is 57.9 Å². The average Bonchev–Trinajstić information content (AvgIpc) is 3.67. The van der Waals surface area contributed by atoms with Crippen LogP contribution in [0.25, 0.3) is 11.0 Å². The van der Waals surface area contributed by atoms with Gasteiger partial charge in [-0.05, 0) is 74.3 Å². The van der Waals surface area contributed by atoms with Gasteiger partial charge < -0.3 is 4.90 Å². The Hall–Kier alpha value is -3.75. The second-order valence-corrected chi connectivity index (χ2v) is 11.2. The molecule has 1 unspecified atom stereocenters. The number of hydrogen-bond donors (Lipinski definition) is 0. The molecule has 232 valence electrons. The molecule has 0 amide bonds. The van der Waals surface area contributed by atoms with Crippen molar-refractivity contribution in [1.29, 1.82) is 0 Å². The zero-order valence-electron chi connectivity index (χ0n) is 24.5. The number of fused-ring (bicyclic) bond motifs is 1. The fraction of sp³-hybridized carbons (Fsp3) is 0.536. The first kappa shape index (κ1) is 30.7. The molecule has 0 bridgehead atoms. The fourth-order valence-electron chi connectivity index (χ4n) is 5.84. The highest BCUT2D eigenvalue weighted by Crippen LogP contribution is 2.37. The zero-order chi connectivity index (χ0) is 31.3. The van der Waals surface area contributed by atoms with E-state index in [0.717, 1.165) is 60.2 Å². The molecule has 1 saturated carbocycles. The molecule has 3 aromatic heterocycles. The average molecular weight is 610 g/mol. The molecule has 43 heavy (non-hydrogen) atoms. The lowest BCUT2D eigenvalue weighted by atomic mass is 10.0. The van der Waals surface area contributed by atoms with Crippen LogP contribution in [-0.4, -0.2) is 53.0 Å². The highest BCUT2D eigenvalue weighted by molar-refractivity contribution is 5.79. The van der Waals surface area contributed by atoms with Gasteiger partial charge in [0.25, 0.3) is 5.95 Å². The second kappa shape index (κ2) is 11.4. The van der Waals surface area contributed by atoms with Gasteiger partial charge in [0.05, 0.1) is 29.6 Å². The largest absolute Gasteiger partial charge is 0.416 e. The molecule has 1 aromatic carbocycles.